The Morgan fingerprint density at radius 2 is 1.74 bits per heavy atom. The smallest absolute Gasteiger partial charge is 0.226 e. The van der Waals surface area contributed by atoms with Crippen molar-refractivity contribution in [3.8, 4) is 22.8 Å². The molecule has 0 N–H and O–H groups in total. The molecule has 0 unspecified atom stereocenters. The Labute approximate surface area is 160 Å². The van der Waals surface area contributed by atoms with Gasteiger partial charge in [-0.1, -0.05) is 30.0 Å². The fraction of sp³-hybridized carbons (Fsp3) is 0.158. The van der Waals surface area contributed by atoms with Crippen LogP contribution < -0.4 is 4.74 Å². The molecule has 2 aromatic heterocycles. The molecule has 0 radical (unpaired) electrons. The summed E-state index contributed by atoms with van der Waals surface area (Å²) in [6.07, 6.45) is 0. The van der Waals surface area contributed by atoms with E-state index in [0.29, 0.717) is 17.5 Å². The molecule has 136 valence electrons. The Bertz CT molecular complexity index is 1030. The second-order valence-electron chi connectivity index (χ2n) is 5.71. The summed E-state index contributed by atoms with van der Waals surface area (Å²) in [6.45, 7) is 1.77. The second-order valence-corrected chi connectivity index (χ2v) is 6.65. The van der Waals surface area contributed by atoms with Crippen LogP contribution in [-0.4, -0.2) is 32.1 Å². The fourth-order valence-corrected chi connectivity index (χ4v) is 3.41. The lowest BCUT2D eigenvalue weighted by Gasteiger charge is -2.10. The van der Waals surface area contributed by atoms with Crippen molar-refractivity contribution in [3.05, 3.63) is 66.4 Å². The van der Waals surface area contributed by atoms with E-state index in [-0.39, 0.29) is 0 Å². The summed E-state index contributed by atoms with van der Waals surface area (Å²) >= 11 is 1.50. The van der Waals surface area contributed by atoms with Crippen LogP contribution in [0, 0.1) is 6.92 Å². The first-order valence-electron chi connectivity index (χ1n) is 8.31. The van der Waals surface area contributed by atoms with Gasteiger partial charge in [0, 0.05) is 18.2 Å². The van der Waals surface area contributed by atoms with Crippen molar-refractivity contribution in [1.29, 1.82) is 0 Å². The van der Waals surface area contributed by atoms with Gasteiger partial charge in [0.05, 0.1) is 12.9 Å². The highest BCUT2D eigenvalue weighted by molar-refractivity contribution is 7.98. The predicted octanol–water partition coefficient (Wildman–Crippen LogP) is 3.93. The van der Waals surface area contributed by atoms with E-state index >= 15 is 0 Å². The molecule has 0 aliphatic carbocycles. The number of ether oxygens (including phenoxy) is 1. The van der Waals surface area contributed by atoms with Crippen molar-refractivity contribution in [1.82, 2.24) is 25.0 Å². The molecule has 0 spiro atoms. The van der Waals surface area contributed by atoms with Crippen LogP contribution in [-0.2, 0) is 5.75 Å². The average molecular weight is 379 g/mol. The standard InChI is InChI=1S/C19H17N5O2S/c1-13-20-21-17(26-13)12-27-19-23-22-18(14-8-10-16(25-2)11-9-14)24(19)15-6-4-3-5-7-15/h3-11H,12H2,1-2H3. The summed E-state index contributed by atoms with van der Waals surface area (Å²) in [5.41, 5.74) is 1.94. The number of hydrogen-bond donors (Lipinski definition) is 0. The van der Waals surface area contributed by atoms with Crippen LogP contribution in [0.25, 0.3) is 17.1 Å². The first-order chi connectivity index (χ1) is 13.2. The Morgan fingerprint density at radius 1 is 0.963 bits per heavy atom. The molecule has 0 fully saturated rings. The first kappa shape index (κ1) is 17.3. The topological polar surface area (TPSA) is 78.9 Å². The van der Waals surface area contributed by atoms with Gasteiger partial charge in [0.25, 0.3) is 0 Å². The van der Waals surface area contributed by atoms with Gasteiger partial charge in [0.1, 0.15) is 5.75 Å². The van der Waals surface area contributed by atoms with Crippen LogP contribution in [0.15, 0.2) is 64.2 Å². The molecule has 0 aliphatic heterocycles. The highest BCUT2D eigenvalue weighted by atomic mass is 32.2. The zero-order valence-corrected chi connectivity index (χ0v) is 15.7. The Hall–Kier alpha value is -3.13. The quantitative estimate of drug-likeness (QED) is 0.470. The van der Waals surface area contributed by atoms with Gasteiger partial charge < -0.3 is 9.15 Å². The molecule has 0 saturated heterocycles. The molecule has 0 aliphatic rings. The minimum atomic E-state index is 0.522. The van der Waals surface area contributed by atoms with E-state index in [1.165, 1.54) is 11.8 Å². The molecular formula is C19H17N5O2S. The van der Waals surface area contributed by atoms with E-state index in [1.54, 1.807) is 14.0 Å². The number of hydrogen-bond acceptors (Lipinski definition) is 7. The van der Waals surface area contributed by atoms with Gasteiger partial charge in [-0.25, -0.2) is 0 Å². The normalized spacial score (nSPS) is 10.9. The number of para-hydroxylation sites is 1. The molecule has 2 heterocycles. The molecule has 0 bridgehead atoms. The number of benzene rings is 2. The van der Waals surface area contributed by atoms with Gasteiger partial charge in [-0.15, -0.1) is 20.4 Å². The molecule has 4 aromatic rings. The number of aryl methyl sites for hydroxylation is 1. The number of aromatic nitrogens is 5. The number of nitrogens with zero attached hydrogens (tertiary/aromatic N) is 5. The Kier molecular flexibility index (Phi) is 4.88. The van der Waals surface area contributed by atoms with Gasteiger partial charge in [0.2, 0.25) is 11.8 Å². The highest BCUT2D eigenvalue weighted by Gasteiger charge is 2.17. The third-order valence-corrected chi connectivity index (χ3v) is 4.80. The van der Waals surface area contributed by atoms with E-state index < -0.39 is 0 Å². The number of thioether (sulfide) groups is 1. The van der Waals surface area contributed by atoms with E-state index in [4.69, 9.17) is 9.15 Å². The lowest BCUT2D eigenvalue weighted by molar-refractivity contribution is 0.415. The number of rotatable bonds is 6. The lowest BCUT2D eigenvalue weighted by Crippen LogP contribution is -1.99. The van der Waals surface area contributed by atoms with Crippen molar-refractivity contribution in [2.45, 2.75) is 17.8 Å². The molecule has 0 amide bonds. The summed E-state index contributed by atoms with van der Waals surface area (Å²) in [7, 11) is 1.65. The minimum Gasteiger partial charge on any atom is -0.497 e. The van der Waals surface area contributed by atoms with Crippen molar-refractivity contribution in [3.63, 3.8) is 0 Å². The second kappa shape index (κ2) is 7.63. The van der Waals surface area contributed by atoms with Crippen LogP contribution in [0.2, 0.25) is 0 Å². The van der Waals surface area contributed by atoms with E-state index in [2.05, 4.69) is 20.4 Å². The third kappa shape index (κ3) is 3.70. The lowest BCUT2D eigenvalue weighted by atomic mass is 10.2. The maximum absolute atomic E-state index is 5.45. The third-order valence-electron chi connectivity index (χ3n) is 3.89. The van der Waals surface area contributed by atoms with Gasteiger partial charge in [-0.3, -0.25) is 4.57 Å². The van der Waals surface area contributed by atoms with Gasteiger partial charge in [-0.05, 0) is 36.4 Å². The molecule has 0 saturated carbocycles. The molecular weight excluding hydrogens is 362 g/mol. The minimum absolute atomic E-state index is 0.522. The van der Waals surface area contributed by atoms with Crippen molar-refractivity contribution in [2.24, 2.45) is 0 Å². The highest BCUT2D eigenvalue weighted by Crippen LogP contribution is 2.30. The van der Waals surface area contributed by atoms with Crippen LogP contribution in [0.1, 0.15) is 11.8 Å². The van der Waals surface area contributed by atoms with Crippen molar-refractivity contribution >= 4 is 11.8 Å². The van der Waals surface area contributed by atoms with Gasteiger partial charge >= 0.3 is 0 Å². The monoisotopic (exact) mass is 379 g/mol. The SMILES string of the molecule is COc1ccc(-c2nnc(SCc3nnc(C)o3)n2-c2ccccc2)cc1. The first-order valence-corrected chi connectivity index (χ1v) is 9.30. The maximum Gasteiger partial charge on any atom is 0.226 e. The Balaban J connectivity index is 1.71. The molecule has 0 atom stereocenters. The molecule has 8 heteroatoms. The maximum atomic E-state index is 5.45. The fourth-order valence-electron chi connectivity index (χ4n) is 2.62. The van der Waals surface area contributed by atoms with Crippen LogP contribution in [0.3, 0.4) is 0 Å². The van der Waals surface area contributed by atoms with E-state index in [1.807, 2.05) is 59.2 Å². The Morgan fingerprint density at radius 3 is 2.41 bits per heavy atom. The molecule has 7 nitrogen and oxygen atoms in total. The zero-order valence-electron chi connectivity index (χ0n) is 14.9. The summed E-state index contributed by atoms with van der Waals surface area (Å²) in [5.74, 6) is 3.19. The number of methoxy groups -OCH3 is 1. The average Bonchev–Trinajstić information content (AvgIpc) is 3.33. The summed E-state index contributed by atoms with van der Waals surface area (Å²) < 4.78 is 12.7. The molecule has 27 heavy (non-hydrogen) atoms. The summed E-state index contributed by atoms with van der Waals surface area (Å²) in [6, 6.07) is 17.8. The van der Waals surface area contributed by atoms with Crippen molar-refractivity contribution < 1.29 is 9.15 Å². The molecule has 4 rings (SSSR count). The van der Waals surface area contributed by atoms with E-state index in [9.17, 15) is 0 Å². The summed E-state index contributed by atoms with van der Waals surface area (Å²) in [4.78, 5) is 0. The predicted molar refractivity (Wildman–Crippen MR) is 102 cm³/mol. The van der Waals surface area contributed by atoms with Gasteiger partial charge in [-0.2, -0.15) is 0 Å². The van der Waals surface area contributed by atoms with Crippen molar-refractivity contribution in [2.75, 3.05) is 7.11 Å². The van der Waals surface area contributed by atoms with Crippen LogP contribution in [0.5, 0.6) is 5.75 Å². The van der Waals surface area contributed by atoms with Crippen LogP contribution >= 0.6 is 11.8 Å². The van der Waals surface area contributed by atoms with Gasteiger partial charge in [0.15, 0.2) is 11.0 Å². The molecule has 2 aromatic carbocycles. The van der Waals surface area contributed by atoms with E-state index in [0.717, 1.165) is 28.0 Å². The zero-order chi connectivity index (χ0) is 18.6. The largest absolute Gasteiger partial charge is 0.497 e. The summed E-state index contributed by atoms with van der Waals surface area (Å²) in [5, 5.41) is 17.5. The van der Waals surface area contributed by atoms with Crippen LogP contribution in [0.4, 0.5) is 0 Å².